The number of ether oxygens (including phenoxy) is 1. The van der Waals surface area contributed by atoms with Gasteiger partial charge in [0, 0.05) is 7.05 Å². The lowest BCUT2D eigenvalue weighted by Gasteiger charge is -2.43. The van der Waals surface area contributed by atoms with Crippen molar-refractivity contribution in [3.63, 3.8) is 0 Å². The molecule has 0 aliphatic rings. The molecule has 0 rings (SSSR count). The van der Waals surface area contributed by atoms with Gasteiger partial charge in [0.25, 0.3) is 10.0 Å². The van der Waals surface area contributed by atoms with Crippen LogP contribution in [0.25, 0.3) is 0 Å². The molecule has 0 N–H and O–H groups in total. The van der Waals surface area contributed by atoms with Crippen LogP contribution in [0, 0.1) is 0 Å². The molecule has 4 nitrogen and oxygen atoms in total. The van der Waals surface area contributed by atoms with Crippen molar-refractivity contribution >= 4 is 10.0 Å². The third-order valence-corrected chi connectivity index (χ3v) is 6.16. The van der Waals surface area contributed by atoms with Gasteiger partial charge < -0.3 is 4.74 Å². The SMILES string of the molecule is C=COC(C)N(C)S(=O)(=O)C(F)(F)C(F)(F)C(F)(F)C(F)(F)C(F)(F)C(F)(F)C(F)(F)C(F)(F)F. The molecule has 0 aromatic rings. The molecule has 0 aromatic heterocycles. The van der Waals surface area contributed by atoms with Crippen molar-refractivity contribution in [3.8, 4) is 0 Å². The zero-order valence-electron chi connectivity index (χ0n) is 16.4. The second-order valence-corrected chi connectivity index (χ2v) is 8.42. The summed E-state index contributed by atoms with van der Waals surface area (Å²) in [6.07, 6.45) is -10.0. The molecule has 1 atom stereocenters. The van der Waals surface area contributed by atoms with Gasteiger partial charge in [-0.3, -0.25) is 0 Å². The van der Waals surface area contributed by atoms with E-state index in [9.17, 15) is 83.1 Å². The molecular formula is C13H10F17NO3S. The zero-order valence-corrected chi connectivity index (χ0v) is 17.2. The Kier molecular flexibility index (Phi) is 8.25. The highest BCUT2D eigenvalue weighted by atomic mass is 32.2. The minimum absolute atomic E-state index is 0.142. The minimum atomic E-state index is -8.87. The van der Waals surface area contributed by atoms with Crippen LogP contribution in [0.3, 0.4) is 0 Å². The van der Waals surface area contributed by atoms with Crippen LogP contribution < -0.4 is 0 Å². The molecule has 0 radical (unpaired) electrons. The number of hydrogen-bond donors (Lipinski definition) is 0. The van der Waals surface area contributed by atoms with Crippen LogP contribution in [0.5, 0.6) is 0 Å². The molecule has 0 aromatic carbocycles. The summed E-state index contributed by atoms with van der Waals surface area (Å²) < 4.78 is 251. The van der Waals surface area contributed by atoms with E-state index in [0.717, 1.165) is 0 Å². The smallest absolute Gasteiger partial charge is 0.460 e. The maximum absolute atomic E-state index is 13.9. The van der Waals surface area contributed by atoms with Gasteiger partial charge in [0.05, 0.1) is 6.26 Å². The summed E-state index contributed by atoms with van der Waals surface area (Å²) in [7, 11) is -7.53. The summed E-state index contributed by atoms with van der Waals surface area (Å²) in [4.78, 5) is 0. The molecule has 1 unspecified atom stereocenters. The van der Waals surface area contributed by atoms with E-state index in [4.69, 9.17) is 0 Å². The number of alkyl halides is 17. The van der Waals surface area contributed by atoms with Gasteiger partial charge in [0.15, 0.2) is 6.23 Å². The predicted molar refractivity (Wildman–Crippen MR) is 78.1 cm³/mol. The fourth-order valence-electron chi connectivity index (χ4n) is 1.91. The van der Waals surface area contributed by atoms with Gasteiger partial charge in [-0.05, 0) is 6.92 Å². The maximum atomic E-state index is 13.9. The van der Waals surface area contributed by atoms with Crippen LogP contribution in [0.15, 0.2) is 12.8 Å². The molecule has 210 valence electrons. The van der Waals surface area contributed by atoms with Gasteiger partial charge in [-0.2, -0.15) is 78.9 Å². The molecule has 0 saturated heterocycles. The molecule has 0 heterocycles. The van der Waals surface area contributed by atoms with Gasteiger partial charge in [0.2, 0.25) is 0 Å². The van der Waals surface area contributed by atoms with E-state index >= 15 is 0 Å². The molecule has 0 aliphatic heterocycles. The van der Waals surface area contributed by atoms with Crippen molar-refractivity contribution in [3.05, 3.63) is 12.8 Å². The third kappa shape index (κ3) is 4.26. The average Bonchev–Trinajstić information content (AvgIpc) is 2.65. The molecule has 0 spiro atoms. The van der Waals surface area contributed by atoms with Crippen LogP contribution in [0.2, 0.25) is 0 Å². The molecule has 0 saturated carbocycles. The van der Waals surface area contributed by atoms with Crippen molar-refractivity contribution in [2.75, 3.05) is 7.05 Å². The predicted octanol–water partition coefficient (Wildman–Crippen LogP) is 5.72. The lowest BCUT2D eigenvalue weighted by molar-refractivity contribution is -0.458. The Morgan fingerprint density at radius 2 is 0.943 bits per heavy atom. The summed E-state index contributed by atoms with van der Waals surface area (Å²) in [6, 6.07) is 0. The van der Waals surface area contributed by atoms with Crippen molar-refractivity contribution in [2.45, 2.75) is 60.1 Å². The van der Waals surface area contributed by atoms with Crippen LogP contribution in [-0.2, 0) is 14.8 Å². The lowest BCUT2D eigenvalue weighted by atomic mass is 9.91. The highest BCUT2D eigenvalue weighted by Gasteiger charge is 2.96. The number of nitrogens with zero attached hydrogens (tertiary/aromatic N) is 1. The number of halogens is 17. The quantitative estimate of drug-likeness (QED) is 0.178. The second kappa shape index (κ2) is 8.68. The normalized spacial score (nSPS) is 16.9. The molecule has 0 bridgehead atoms. The Labute approximate surface area is 183 Å². The lowest BCUT2D eigenvalue weighted by Crippen LogP contribution is -2.75. The summed E-state index contributed by atoms with van der Waals surface area (Å²) in [5, 5.41) is -7.63. The Morgan fingerprint density at radius 1 is 0.657 bits per heavy atom. The van der Waals surface area contributed by atoms with Crippen molar-refractivity contribution in [1.82, 2.24) is 4.31 Å². The highest BCUT2D eigenvalue weighted by Crippen LogP contribution is 2.64. The standard InChI is InChI=1S/C13H10F17NO3S/c1-4-34-5(2)31(3)35(32,33)13(29,30)11(24,25)9(20,21)7(16,17)6(14,15)8(18,19)10(22,23)12(26,27)28/h4-5H,1H2,2-3H3. The minimum Gasteiger partial charge on any atom is -0.483 e. The molecule has 0 fully saturated rings. The van der Waals surface area contributed by atoms with Gasteiger partial charge >= 0.3 is 47.0 Å². The Bertz CT molecular complexity index is 895. The fourth-order valence-corrected chi connectivity index (χ4v) is 3.17. The highest BCUT2D eigenvalue weighted by molar-refractivity contribution is 7.90. The summed E-state index contributed by atoms with van der Waals surface area (Å²) in [5.74, 6) is -51.8. The van der Waals surface area contributed by atoms with E-state index in [1.165, 1.54) is 0 Å². The first-order valence-electron chi connectivity index (χ1n) is 7.85. The van der Waals surface area contributed by atoms with E-state index in [-0.39, 0.29) is 13.3 Å². The van der Waals surface area contributed by atoms with E-state index in [0.29, 0.717) is 6.92 Å². The number of sulfonamides is 1. The monoisotopic (exact) mass is 583 g/mol. The van der Waals surface area contributed by atoms with Gasteiger partial charge in [-0.15, -0.1) is 0 Å². The van der Waals surface area contributed by atoms with Crippen molar-refractivity contribution in [2.24, 2.45) is 0 Å². The van der Waals surface area contributed by atoms with Crippen molar-refractivity contribution < 1.29 is 87.8 Å². The number of rotatable bonds is 11. The molecule has 35 heavy (non-hydrogen) atoms. The molecule has 0 amide bonds. The van der Waals surface area contributed by atoms with Crippen molar-refractivity contribution in [1.29, 1.82) is 0 Å². The summed E-state index contributed by atoms with van der Waals surface area (Å²) in [5.41, 5.74) is 0. The molecular weight excluding hydrogens is 573 g/mol. The van der Waals surface area contributed by atoms with E-state index in [1.54, 1.807) is 0 Å². The van der Waals surface area contributed by atoms with E-state index in [2.05, 4.69) is 11.3 Å². The zero-order chi connectivity index (χ0) is 29.1. The Balaban J connectivity index is 7.00. The third-order valence-electron chi connectivity index (χ3n) is 4.20. The number of hydrogen-bond acceptors (Lipinski definition) is 3. The summed E-state index contributed by atoms with van der Waals surface area (Å²) in [6.45, 7) is 3.15. The first-order valence-corrected chi connectivity index (χ1v) is 9.29. The Hall–Kier alpha value is -1.74. The van der Waals surface area contributed by atoms with Gasteiger partial charge in [-0.25, -0.2) is 8.42 Å². The average molecular weight is 583 g/mol. The fraction of sp³-hybridized carbons (Fsp3) is 0.846. The van der Waals surface area contributed by atoms with Crippen LogP contribution >= 0.6 is 0 Å². The Morgan fingerprint density at radius 3 is 1.23 bits per heavy atom. The first-order chi connectivity index (χ1) is 14.9. The van der Waals surface area contributed by atoms with Gasteiger partial charge in [-0.1, -0.05) is 6.58 Å². The summed E-state index contributed by atoms with van der Waals surface area (Å²) >= 11 is 0. The van der Waals surface area contributed by atoms with Crippen LogP contribution in [0.1, 0.15) is 6.92 Å². The largest absolute Gasteiger partial charge is 0.483 e. The van der Waals surface area contributed by atoms with E-state index < -0.39 is 67.5 Å². The molecule has 0 aliphatic carbocycles. The maximum Gasteiger partial charge on any atom is 0.460 e. The first kappa shape index (κ1) is 33.3. The second-order valence-electron chi connectivity index (χ2n) is 6.38. The van der Waals surface area contributed by atoms with Gasteiger partial charge in [0.1, 0.15) is 0 Å². The van der Waals surface area contributed by atoms with Crippen LogP contribution in [-0.4, -0.2) is 73.0 Å². The molecule has 22 heteroatoms. The van der Waals surface area contributed by atoms with Crippen LogP contribution in [0.4, 0.5) is 74.6 Å². The van der Waals surface area contributed by atoms with E-state index in [1.807, 2.05) is 0 Å². The topological polar surface area (TPSA) is 46.6 Å².